The molecule has 140 valence electrons. The molecule has 1 atom stereocenters. The molecule has 2 aromatic carbocycles. The van der Waals surface area contributed by atoms with Crippen molar-refractivity contribution in [1.29, 1.82) is 0 Å². The molecule has 0 spiro atoms. The number of anilines is 2. The number of benzene rings is 2. The van der Waals surface area contributed by atoms with Crippen LogP contribution in [0.5, 0.6) is 0 Å². The molecule has 1 aliphatic rings. The predicted molar refractivity (Wildman–Crippen MR) is 103 cm³/mol. The van der Waals surface area contributed by atoms with Gasteiger partial charge in [-0.05, 0) is 38.5 Å². The van der Waals surface area contributed by atoms with Crippen molar-refractivity contribution in [1.82, 2.24) is 0 Å². The van der Waals surface area contributed by atoms with Crippen molar-refractivity contribution in [3.63, 3.8) is 0 Å². The van der Waals surface area contributed by atoms with E-state index >= 15 is 0 Å². The van der Waals surface area contributed by atoms with Crippen molar-refractivity contribution in [2.75, 3.05) is 16.8 Å². The Bertz CT molecular complexity index is 939. The molecular formula is C20H21N3O4. The molecule has 0 unspecified atom stereocenters. The van der Waals surface area contributed by atoms with Crippen molar-refractivity contribution < 1.29 is 14.5 Å². The number of nitrogens with one attached hydrogen (secondary N) is 1. The minimum absolute atomic E-state index is 0.0384. The van der Waals surface area contributed by atoms with E-state index in [1.807, 2.05) is 32.0 Å². The fourth-order valence-corrected chi connectivity index (χ4v) is 3.28. The highest BCUT2D eigenvalue weighted by Crippen LogP contribution is 2.30. The number of hydrogen-bond donors (Lipinski definition) is 1. The summed E-state index contributed by atoms with van der Waals surface area (Å²) in [5.41, 5.74) is 3.72. The van der Waals surface area contributed by atoms with Crippen LogP contribution >= 0.6 is 0 Å². The zero-order chi connectivity index (χ0) is 19.7. The third-order valence-electron chi connectivity index (χ3n) is 4.84. The summed E-state index contributed by atoms with van der Waals surface area (Å²) in [4.78, 5) is 37.1. The van der Waals surface area contributed by atoms with Gasteiger partial charge in [0.2, 0.25) is 11.8 Å². The second kappa shape index (κ2) is 7.19. The second-order valence-electron chi connectivity index (χ2n) is 6.94. The average Bonchev–Trinajstić information content (AvgIpc) is 2.99. The van der Waals surface area contributed by atoms with Gasteiger partial charge < -0.3 is 10.2 Å². The Morgan fingerprint density at radius 2 is 1.89 bits per heavy atom. The first-order valence-electron chi connectivity index (χ1n) is 8.70. The van der Waals surface area contributed by atoms with Gasteiger partial charge in [-0.15, -0.1) is 0 Å². The maximum atomic E-state index is 12.6. The number of carbonyl (C=O) groups is 2. The zero-order valence-electron chi connectivity index (χ0n) is 15.5. The lowest BCUT2D eigenvalue weighted by molar-refractivity contribution is -0.385. The lowest BCUT2D eigenvalue weighted by Crippen LogP contribution is -2.28. The van der Waals surface area contributed by atoms with Crippen molar-refractivity contribution in [2.24, 2.45) is 5.92 Å². The van der Waals surface area contributed by atoms with E-state index < -0.39 is 10.8 Å². The third kappa shape index (κ3) is 3.81. The summed E-state index contributed by atoms with van der Waals surface area (Å²) in [5, 5.41) is 14.0. The molecule has 1 fully saturated rings. The summed E-state index contributed by atoms with van der Waals surface area (Å²) < 4.78 is 0. The minimum atomic E-state index is -0.501. The number of aryl methyl sites for hydroxylation is 3. The van der Waals surface area contributed by atoms with Crippen LogP contribution in [0, 0.1) is 36.8 Å². The summed E-state index contributed by atoms with van der Waals surface area (Å²) in [5.74, 6) is -0.938. The molecule has 1 heterocycles. The van der Waals surface area contributed by atoms with Crippen molar-refractivity contribution in [3.8, 4) is 0 Å². The van der Waals surface area contributed by atoms with Gasteiger partial charge in [0.15, 0.2) is 0 Å². The summed E-state index contributed by atoms with van der Waals surface area (Å²) in [6, 6.07) is 10.4. The zero-order valence-corrected chi connectivity index (χ0v) is 15.5. The van der Waals surface area contributed by atoms with Gasteiger partial charge in [-0.2, -0.15) is 0 Å². The maximum absolute atomic E-state index is 12.6. The SMILES string of the molecule is Cc1ccc(NC(=O)[C@@H]2CC(=O)N(c3ccc(C)c([N+](=O)[O-])c3)C2)c(C)c1. The highest BCUT2D eigenvalue weighted by atomic mass is 16.6. The van der Waals surface area contributed by atoms with E-state index in [0.29, 0.717) is 11.3 Å². The van der Waals surface area contributed by atoms with E-state index in [0.717, 1.165) is 16.8 Å². The number of hydrogen-bond acceptors (Lipinski definition) is 4. The molecule has 0 bridgehead atoms. The third-order valence-corrected chi connectivity index (χ3v) is 4.84. The fraction of sp³-hybridized carbons (Fsp3) is 0.300. The number of carbonyl (C=O) groups excluding carboxylic acids is 2. The fourth-order valence-electron chi connectivity index (χ4n) is 3.28. The molecule has 3 rings (SSSR count). The Hall–Kier alpha value is -3.22. The maximum Gasteiger partial charge on any atom is 0.274 e. The van der Waals surface area contributed by atoms with Crippen LogP contribution in [0.2, 0.25) is 0 Å². The van der Waals surface area contributed by atoms with Crippen LogP contribution in [0.1, 0.15) is 23.1 Å². The van der Waals surface area contributed by atoms with Crippen LogP contribution in [0.3, 0.4) is 0 Å². The molecule has 2 amide bonds. The van der Waals surface area contributed by atoms with Crippen molar-refractivity contribution >= 4 is 28.9 Å². The van der Waals surface area contributed by atoms with Crippen LogP contribution in [0.15, 0.2) is 36.4 Å². The quantitative estimate of drug-likeness (QED) is 0.661. The standard InChI is InChI=1S/C20H21N3O4/c1-12-4-7-17(14(3)8-12)21-20(25)15-9-19(24)22(11-15)16-6-5-13(2)18(10-16)23(26)27/h4-8,10,15H,9,11H2,1-3H3,(H,21,25)/t15-/m1/s1. The van der Waals surface area contributed by atoms with Crippen molar-refractivity contribution in [3.05, 3.63) is 63.2 Å². The normalized spacial score (nSPS) is 16.5. The lowest BCUT2D eigenvalue weighted by Gasteiger charge is -2.17. The Morgan fingerprint density at radius 1 is 1.15 bits per heavy atom. The van der Waals surface area contributed by atoms with Gasteiger partial charge in [0, 0.05) is 30.3 Å². The summed E-state index contributed by atoms with van der Waals surface area (Å²) in [7, 11) is 0. The van der Waals surface area contributed by atoms with Gasteiger partial charge in [-0.1, -0.05) is 23.8 Å². The first kappa shape index (κ1) is 18.6. The lowest BCUT2D eigenvalue weighted by atomic mass is 10.1. The molecule has 7 heteroatoms. The molecule has 0 saturated carbocycles. The van der Waals surface area contributed by atoms with E-state index in [1.165, 1.54) is 11.0 Å². The van der Waals surface area contributed by atoms with Gasteiger partial charge in [-0.25, -0.2) is 0 Å². The van der Waals surface area contributed by atoms with Crippen LogP contribution in [0.25, 0.3) is 0 Å². The van der Waals surface area contributed by atoms with Gasteiger partial charge in [-0.3, -0.25) is 19.7 Å². The van der Waals surface area contributed by atoms with Gasteiger partial charge in [0.25, 0.3) is 5.69 Å². The average molecular weight is 367 g/mol. The second-order valence-corrected chi connectivity index (χ2v) is 6.94. The molecule has 1 aliphatic heterocycles. The molecular weight excluding hydrogens is 346 g/mol. The van der Waals surface area contributed by atoms with E-state index in [-0.39, 0.29) is 30.5 Å². The smallest absolute Gasteiger partial charge is 0.274 e. The summed E-state index contributed by atoms with van der Waals surface area (Å²) in [6.45, 7) is 5.75. The largest absolute Gasteiger partial charge is 0.326 e. The first-order valence-corrected chi connectivity index (χ1v) is 8.70. The van der Waals surface area contributed by atoms with Crippen molar-refractivity contribution in [2.45, 2.75) is 27.2 Å². The molecule has 27 heavy (non-hydrogen) atoms. The van der Waals surface area contributed by atoms with Gasteiger partial charge in [0.05, 0.1) is 16.5 Å². The first-order chi connectivity index (χ1) is 12.8. The molecule has 0 aromatic heterocycles. The van der Waals surface area contributed by atoms with E-state index in [2.05, 4.69) is 5.32 Å². The number of nitro groups is 1. The Kier molecular flexibility index (Phi) is 4.94. The molecule has 7 nitrogen and oxygen atoms in total. The highest BCUT2D eigenvalue weighted by molar-refractivity contribution is 6.03. The molecule has 1 saturated heterocycles. The van der Waals surface area contributed by atoms with E-state index in [9.17, 15) is 19.7 Å². The summed E-state index contributed by atoms with van der Waals surface area (Å²) >= 11 is 0. The predicted octanol–water partition coefficient (Wildman–Crippen LogP) is 3.51. The Morgan fingerprint density at radius 3 is 2.56 bits per heavy atom. The molecule has 0 radical (unpaired) electrons. The Labute approximate surface area is 157 Å². The van der Waals surface area contributed by atoms with Crippen LogP contribution < -0.4 is 10.2 Å². The van der Waals surface area contributed by atoms with Crippen LogP contribution in [-0.2, 0) is 9.59 Å². The van der Waals surface area contributed by atoms with Gasteiger partial charge in [0.1, 0.15) is 0 Å². The van der Waals surface area contributed by atoms with Crippen LogP contribution in [-0.4, -0.2) is 23.3 Å². The van der Waals surface area contributed by atoms with E-state index in [1.54, 1.807) is 19.1 Å². The van der Waals surface area contributed by atoms with E-state index in [4.69, 9.17) is 0 Å². The molecule has 1 N–H and O–H groups in total. The molecule has 2 aromatic rings. The number of nitrogens with zero attached hydrogens (tertiary/aromatic N) is 2. The summed E-state index contributed by atoms with van der Waals surface area (Å²) in [6.07, 6.45) is 0.0818. The monoisotopic (exact) mass is 367 g/mol. The minimum Gasteiger partial charge on any atom is -0.326 e. The van der Waals surface area contributed by atoms with Crippen LogP contribution in [0.4, 0.5) is 17.1 Å². The Balaban J connectivity index is 1.76. The molecule has 0 aliphatic carbocycles. The number of nitro benzene ring substituents is 1. The highest BCUT2D eigenvalue weighted by Gasteiger charge is 2.35. The number of rotatable bonds is 4. The topological polar surface area (TPSA) is 92.6 Å². The van der Waals surface area contributed by atoms with Gasteiger partial charge >= 0.3 is 0 Å². The number of amides is 2.